The summed E-state index contributed by atoms with van der Waals surface area (Å²) in [4.78, 5) is 11.5. The first-order valence-electron chi connectivity index (χ1n) is 6.90. The third-order valence-corrected chi connectivity index (χ3v) is 3.30. The van der Waals surface area contributed by atoms with E-state index in [0.717, 1.165) is 10.0 Å². The SMILES string of the molecule is CC(C)CNC(=O)CCNCC(O)c1cccc(Br)c1. The van der Waals surface area contributed by atoms with Crippen LogP contribution < -0.4 is 10.6 Å². The van der Waals surface area contributed by atoms with Crippen LogP contribution in [0.15, 0.2) is 28.7 Å². The molecule has 0 aromatic heterocycles. The van der Waals surface area contributed by atoms with Crippen LogP contribution in [0.25, 0.3) is 0 Å². The molecule has 4 nitrogen and oxygen atoms in total. The van der Waals surface area contributed by atoms with E-state index >= 15 is 0 Å². The lowest BCUT2D eigenvalue weighted by molar-refractivity contribution is -0.121. The number of rotatable bonds is 8. The van der Waals surface area contributed by atoms with Crippen LogP contribution in [-0.2, 0) is 4.79 Å². The van der Waals surface area contributed by atoms with Gasteiger partial charge in [-0.25, -0.2) is 0 Å². The average molecular weight is 343 g/mol. The summed E-state index contributed by atoms with van der Waals surface area (Å²) < 4.78 is 0.946. The Labute approximate surface area is 129 Å². The van der Waals surface area contributed by atoms with Crippen molar-refractivity contribution < 1.29 is 9.90 Å². The van der Waals surface area contributed by atoms with E-state index in [-0.39, 0.29) is 5.91 Å². The number of carbonyl (C=O) groups is 1. The van der Waals surface area contributed by atoms with E-state index in [0.29, 0.717) is 32.0 Å². The van der Waals surface area contributed by atoms with Gasteiger partial charge >= 0.3 is 0 Å². The van der Waals surface area contributed by atoms with Crippen molar-refractivity contribution >= 4 is 21.8 Å². The molecule has 0 spiro atoms. The molecule has 1 amide bonds. The fourth-order valence-corrected chi connectivity index (χ4v) is 2.10. The molecule has 0 aliphatic rings. The summed E-state index contributed by atoms with van der Waals surface area (Å²) in [6.45, 7) is 5.84. The predicted octanol–water partition coefficient (Wildman–Crippen LogP) is 2.23. The van der Waals surface area contributed by atoms with Gasteiger partial charge in [-0.2, -0.15) is 0 Å². The lowest BCUT2D eigenvalue weighted by Gasteiger charge is -2.13. The number of benzene rings is 1. The highest BCUT2D eigenvalue weighted by Gasteiger charge is 2.08. The van der Waals surface area contributed by atoms with Gasteiger partial charge in [0.1, 0.15) is 0 Å². The fourth-order valence-electron chi connectivity index (χ4n) is 1.68. The molecule has 0 saturated heterocycles. The van der Waals surface area contributed by atoms with Gasteiger partial charge in [0.05, 0.1) is 6.10 Å². The van der Waals surface area contributed by atoms with E-state index in [1.807, 2.05) is 24.3 Å². The van der Waals surface area contributed by atoms with Gasteiger partial charge in [0, 0.05) is 30.5 Å². The highest BCUT2D eigenvalue weighted by molar-refractivity contribution is 9.10. The van der Waals surface area contributed by atoms with Crippen molar-refractivity contribution in [3.63, 3.8) is 0 Å². The van der Waals surface area contributed by atoms with Gasteiger partial charge in [0.25, 0.3) is 0 Å². The van der Waals surface area contributed by atoms with Gasteiger partial charge in [-0.3, -0.25) is 4.79 Å². The van der Waals surface area contributed by atoms with E-state index < -0.39 is 6.10 Å². The number of carbonyl (C=O) groups excluding carboxylic acids is 1. The summed E-state index contributed by atoms with van der Waals surface area (Å²) in [5.74, 6) is 0.508. The molecule has 0 aliphatic heterocycles. The maximum absolute atomic E-state index is 11.5. The first-order chi connectivity index (χ1) is 9.49. The minimum absolute atomic E-state index is 0.0446. The van der Waals surface area contributed by atoms with Gasteiger partial charge in [0.15, 0.2) is 0 Å². The van der Waals surface area contributed by atoms with Crippen LogP contribution in [0.5, 0.6) is 0 Å². The zero-order valence-corrected chi connectivity index (χ0v) is 13.6. The first kappa shape index (κ1) is 17.1. The molecule has 20 heavy (non-hydrogen) atoms. The highest BCUT2D eigenvalue weighted by Crippen LogP contribution is 2.17. The second kappa shape index (κ2) is 9.10. The van der Waals surface area contributed by atoms with Crippen molar-refractivity contribution in [1.29, 1.82) is 0 Å². The summed E-state index contributed by atoms with van der Waals surface area (Å²) in [5.41, 5.74) is 0.858. The summed E-state index contributed by atoms with van der Waals surface area (Å²) in [5, 5.41) is 16.0. The molecule has 1 atom stereocenters. The van der Waals surface area contributed by atoms with Gasteiger partial charge in [0.2, 0.25) is 5.91 Å². The van der Waals surface area contributed by atoms with Crippen LogP contribution in [0.2, 0.25) is 0 Å². The van der Waals surface area contributed by atoms with Crippen molar-refractivity contribution in [2.24, 2.45) is 5.92 Å². The molecule has 3 N–H and O–H groups in total. The Morgan fingerprint density at radius 2 is 2.10 bits per heavy atom. The molecular weight excluding hydrogens is 320 g/mol. The molecule has 0 bridgehead atoms. The molecule has 1 aromatic carbocycles. The van der Waals surface area contributed by atoms with E-state index in [1.54, 1.807) is 0 Å². The second-order valence-corrected chi connectivity index (χ2v) is 6.14. The lowest BCUT2D eigenvalue weighted by Crippen LogP contribution is -2.31. The summed E-state index contributed by atoms with van der Waals surface area (Å²) >= 11 is 3.38. The molecule has 0 fully saturated rings. The molecule has 0 saturated carbocycles. The Balaban J connectivity index is 2.19. The van der Waals surface area contributed by atoms with Crippen LogP contribution in [0.4, 0.5) is 0 Å². The molecule has 112 valence electrons. The average Bonchev–Trinajstić information content (AvgIpc) is 2.41. The van der Waals surface area contributed by atoms with Gasteiger partial charge in [-0.1, -0.05) is 41.9 Å². The predicted molar refractivity (Wildman–Crippen MR) is 84.4 cm³/mol. The summed E-state index contributed by atoms with van der Waals surface area (Å²) in [6, 6.07) is 7.58. The number of halogens is 1. The van der Waals surface area contributed by atoms with Crippen molar-refractivity contribution in [3.05, 3.63) is 34.3 Å². The topological polar surface area (TPSA) is 61.4 Å². The normalized spacial score (nSPS) is 12.4. The minimum Gasteiger partial charge on any atom is -0.387 e. The van der Waals surface area contributed by atoms with Crippen LogP contribution >= 0.6 is 15.9 Å². The van der Waals surface area contributed by atoms with Crippen LogP contribution in [0, 0.1) is 5.92 Å². The van der Waals surface area contributed by atoms with Gasteiger partial charge < -0.3 is 15.7 Å². The summed E-state index contributed by atoms with van der Waals surface area (Å²) in [7, 11) is 0. The Kier molecular flexibility index (Phi) is 7.80. The van der Waals surface area contributed by atoms with Crippen molar-refractivity contribution in [2.75, 3.05) is 19.6 Å². The Morgan fingerprint density at radius 1 is 1.35 bits per heavy atom. The zero-order chi connectivity index (χ0) is 15.0. The smallest absolute Gasteiger partial charge is 0.221 e. The lowest BCUT2D eigenvalue weighted by atomic mass is 10.1. The fraction of sp³-hybridized carbons (Fsp3) is 0.533. The van der Waals surface area contributed by atoms with E-state index in [9.17, 15) is 9.90 Å². The van der Waals surface area contributed by atoms with Crippen LogP contribution in [0.3, 0.4) is 0 Å². The molecule has 5 heteroatoms. The molecule has 1 unspecified atom stereocenters. The number of aliphatic hydroxyl groups is 1. The second-order valence-electron chi connectivity index (χ2n) is 5.22. The van der Waals surface area contributed by atoms with Crippen LogP contribution in [0.1, 0.15) is 31.9 Å². The number of amides is 1. The molecule has 0 heterocycles. The monoisotopic (exact) mass is 342 g/mol. The Bertz CT molecular complexity index is 424. The largest absolute Gasteiger partial charge is 0.387 e. The summed E-state index contributed by atoms with van der Waals surface area (Å²) in [6.07, 6.45) is -0.135. The zero-order valence-electron chi connectivity index (χ0n) is 12.0. The van der Waals surface area contributed by atoms with Crippen molar-refractivity contribution in [1.82, 2.24) is 10.6 Å². The molecule has 0 radical (unpaired) electrons. The van der Waals surface area contributed by atoms with E-state index in [4.69, 9.17) is 0 Å². The maximum Gasteiger partial charge on any atom is 0.221 e. The molecular formula is C15H23BrN2O2. The number of nitrogens with one attached hydrogen (secondary N) is 2. The van der Waals surface area contributed by atoms with E-state index in [2.05, 4.69) is 40.4 Å². The molecule has 1 aromatic rings. The third-order valence-electron chi connectivity index (χ3n) is 2.81. The first-order valence-corrected chi connectivity index (χ1v) is 7.69. The Morgan fingerprint density at radius 3 is 2.75 bits per heavy atom. The van der Waals surface area contributed by atoms with Gasteiger partial charge in [-0.05, 0) is 23.6 Å². The van der Waals surface area contributed by atoms with Gasteiger partial charge in [-0.15, -0.1) is 0 Å². The Hall–Kier alpha value is -0.910. The third kappa shape index (κ3) is 7.03. The number of hydrogen-bond acceptors (Lipinski definition) is 3. The maximum atomic E-state index is 11.5. The van der Waals surface area contributed by atoms with Crippen LogP contribution in [-0.4, -0.2) is 30.6 Å². The van der Waals surface area contributed by atoms with Crippen molar-refractivity contribution in [2.45, 2.75) is 26.4 Å². The molecule has 1 rings (SSSR count). The quantitative estimate of drug-likeness (QED) is 0.635. The highest BCUT2D eigenvalue weighted by atomic mass is 79.9. The standard InChI is InChI=1S/C15H23BrN2O2/c1-11(2)9-18-15(20)6-7-17-10-14(19)12-4-3-5-13(16)8-12/h3-5,8,11,14,17,19H,6-7,9-10H2,1-2H3,(H,18,20). The van der Waals surface area contributed by atoms with E-state index in [1.165, 1.54) is 0 Å². The van der Waals surface area contributed by atoms with Crippen molar-refractivity contribution in [3.8, 4) is 0 Å². The number of hydrogen-bond donors (Lipinski definition) is 3. The molecule has 0 aliphatic carbocycles. The minimum atomic E-state index is -0.564. The number of aliphatic hydroxyl groups excluding tert-OH is 1.